The Morgan fingerprint density at radius 2 is 1.68 bits per heavy atom. The molecular formula is C23H40O4Si. The third-order valence-corrected chi connectivity index (χ3v) is 10.9. The highest BCUT2D eigenvalue weighted by molar-refractivity contribution is 6.74. The van der Waals surface area contributed by atoms with Crippen molar-refractivity contribution in [2.75, 3.05) is 13.7 Å². The summed E-state index contributed by atoms with van der Waals surface area (Å²) in [7, 11) is -0.190. The predicted molar refractivity (Wildman–Crippen MR) is 117 cm³/mol. The van der Waals surface area contributed by atoms with Gasteiger partial charge in [-0.25, -0.2) is 0 Å². The molecule has 0 amide bonds. The van der Waals surface area contributed by atoms with Gasteiger partial charge in [0.1, 0.15) is 5.75 Å². The molecule has 1 saturated heterocycles. The Hall–Kier alpha value is -0.883. The van der Waals surface area contributed by atoms with E-state index in [1.54, 1.807) is 7.11 Å². The predicted octanol–water partition coefficient (Wildman–Crippen LogP) is 5.66. The van der Waals surface area contributed by atoms with Crippen LogP contribution in [0.3, 0.4) is 0 Å². The second-order valence-electron chi connectivity index (χ2n) is 9.85. The fraction of sp³-hybridized carbons (Fsp3) is 0.739. The highest BCUT2D eigenvalue weighted by atomic mass is 28.4. The standard InChI is InChI=1S/C23H40O4Si/c1-16(14-25-15-19-10-12-20(24-7)13-11-19)21(17(2)22-18(3)26-22)27-28(8,9)23(4,5)6/h10-13,16-18,21-22H,14-15H2,1-9H3/t16-,17+,18-,21-,22+/m0/s1. The van der Waals surface area contributed by atoms with Gasteiger partial charge in [-0.3, -0.25) is 0 Å². The van der Waals surface area contributed by atoms with E-state index in [9.17, 15) is 0 Å². The van der Waals surface area contributed by atoms with Gasteiger partial charge >= 0.3 is 0 Å². The molecule has 0 saturated carbocycles. The van der Waals surface area contributed by atoms with E-state index in [2.05, 4.69) is 66.8 Å². The molecule has 1 aromatic rings. The molecule has 2 rings (SSSR count). The molecule has 0 radical (unpaired) electrons. The van der Waals surface area contributed by atoms with Crippen LogP contribution in [0.1, 0.15) is 47.1 Å². The molecule has 1 aliphatic rings. The summed E-state index contributed by atoms with van der Waals surface area (Å²) in [5.74, 6) is 1.54. The molecule has 28 heavy (non-hydrogen) atoms. The van der Waals surface area contributed by atoms with E-state index in [1.165, 1.54) is 0 Å². The van der Waals surface area contributed by atoms with Crippen molar-refractivity contribution in [1.29, 1.82) is 0 Å². The van der Waals surface area contributed by atoms with E-state index in [0.29, 0.717) is 37.3 Å². The molecule has 5 heteroatoms. The number of benzene rings is 1. The summed E-state index contributed by atoms with van der Waals surface area (Å²) in [5, 5.41) is 0.185. The first-order valence-corrected chi connectivity index (χ1v) is 13.4. The molecule has 0 aromatic heterocycles. The fourth-order valence-electron chi connectivity index (χ4n) is 3.38. The van der Waals surface area contributed by atoms with Crippen LogP contribution in [-0.2, 0) is 20.5 Å². The summed E-state index contributed by atoms with van der Waals surface area (Å²) in [6.45, 7) is 19.5. The lowest BCUT2D eigenvalue weighted by Crippen LogP contribution is -2.49. The number of hydrogen-bond acceptors (Lipinski definition) is 4. The molecule has 160 valence electrons. The molecule has 5 atom stereocenters. The van der Waals surface area contributed by atoms with E-state index in [4.69, 9.17) is 18.6 Å². The van der Waals surface area contributed by atoms with Crippen LogP contribution in [0, 0.1) is 11.8 Å². The Kier molecular flexibility index (Phi) is 7.76. The van der Waals surface area contributed by atoms with Crippen molar-refractivity contribution < 1.29 is 18.6 Å². The maximum Gasteiger partial charge on any atom is 0.192 e. The van der Waals surface area contributed by atoms with Crippen LogP contribution in [-0.4, -0.2) is 40.3 Å². The highest BCUT2D eigenvalue weighted by Crippen LogP contribution is 2.41. The van der Waals surface area contributed by atoms with E-state index in [-0.39, 0.29) is 11.1 Å². The monoisotopic (exact) mass is 408 g/mol. The van der Waals surface area contributed by atoms with E-state index >= 15 is 0 Å². The zero-order chi connectivity index (χ0) is 21.1. The van der Waals surface area contributed by atoms with Crippen molar-refractivity contribution in [3.63, 3.8) is 0 Å². The van der Waals surface area contributed by atoms with Crippen LogP contribution < -0.4 is 4.74 Å². The normalized spacial score (nSPS) is 23.2. The summed E-state index contributed by atoms with van der Waals surface area (Å²) in [4.78, 5) is 0. The molecule has 0 N–H and O–H groups in total. The fourth-order valence-corrected chi connectivity index (χ4v) is 4.86. The highest BCUT2D eigenvalue weighted by Gasteiger charge is 2.47. The van der Waals surface area contributed by atoms with Gasteiger partial charge in [0.05, 0.1) is 38.6 Å². The van der Waals surface area contributed by atoms with Gasteiger partial charge in [0, 0.05) is 11.8 Å². The second kappa shape index (κ2) is 9.29. The van der Waals surface area contributed by atoms with E-state index in [1.807, 2.05) is 12.1 Å². The van der Waals surface area contributed by atoms with Crippen molar-refractivity contribution in [3.05, 3.63) is 29.8 Å². The molecule has 4 nitrogen and oxygen atoms in total. The summed E-state index contributed by atoms with van der Waals surface area (Å²) in [6.07, 6.45) is 0.790. The van der Waals surface area contributed by atoms with Gasteiger partial charge < -0.3 is 18.6 Å². The van der Waals surface area contributed by atoms with Crippen molar-refractivity contribution >= 4 is 8.32 Å². The molecule has 0 aliphatic carbocycles. The molecule has 1 aliphatic heterocycles. The molecule has 0 unspecified atom stereocenters. The zero-order valence-electron chi connectivity index (χ0n) is 19.2. The molecule has 1 heterocycles. The summed E-state index contributed by atoms with van der Waals surface area (Å²) < 4.78 is 23.9. The van der Waals surface area contributed by atoms with Crippen LogP contribution in [0.4, 0.5) is 0 Å². The zero-order valence-corrected chi connectivity index (χ0v) is 20.2. The first kappa shape index (κ1) is 23.4. The lowest BCUT2D eigenvalue weighted by molar-refractivity contribution is 0.00478. The lowest BCUT2D eigenvalue weighted by atomic mass is 9.90. The maximum absolute atomic E-state index is 6.87. The average Bonchev–Trinajstić information content (AvgIpc) is 3.35. The summed E-state index contributed by atoms with van der Waals surface area (Å²) in [5.41, 5.74) is 1.15. The third kappa shape index (κ3) is 6.06. The Morgan fingerprint density at radius 1 is 1.11 bits per heavy atom. The first-order chi connectivity index (χ1) is 13.0. The molecule has 0 spiro atoms. The third-order valence-electron chi connectivity index (χ3n) is 6.40. The van der Waals surface area contributed by atoms with E-state index in [0.717, 1.165) is 11.3 Å². The van der Waals surface area contributed by atoms with Crippen LogP contribution in [0.5, 0.6) is 5.75 Å². The van der Waals surface area contributed by atoms with Gasteiger partial charge in [0.2, 0.25) is 0 Å². The number of rotatable bonds is 10. The van der Waals surface area contributed by atoms with Crippen molar-refractivity contribution in [1.82, 2.24) is 0 Å². The Bertz CT molecular complexity index is 608. The number of hydrogen-bond donors (Lipinski definition) is 0. The van der Waals surface area contributed by atoms with Crippen molar-refractivity contribution in [3.8, 4) is 5.75 Å². The van der Waals surface area contributed by atoms with Crippen LogP contribution in [0.15, 0.2) is 24.3 Å². The first-order valence-electron chi connectivity index (χ1n) is 10.5. The minimum Gasteiger partial charge on any atom is -0.497 e. The van der Waals surface area contributed by atoms with Crippen LogP contribution in [0.25, 0.3) is 0 Å². The Labute approximate surface area is 173 Å². The number of ether oxygens (including phenoxy) is 3. The second-order valence-corrected chi connectivity index (χ2v) is 14.6. The van der Waals surface area contributed by atoms with Crippen LogP contribution >= 0.6 is 0 Å². The van der Waals surface area contributed by atoms with E-state index < -0.39 is 8.32 Å². The SMILES string of the molecule is COc1ccc(COC[C@H](C)[C@H](O[Si](C)(C)C(C)(C)C)[C@@H](C)[C@H]2O[C@H]2C)cc1. The van der Waals surface area contributed by atoms with Gasteiger partial charge in [0.25, 0.3) is 0 Å². The van der Waals surface area contributed by atoms with Crippen molar-refractivity contribution in [2.45, 2.75) is 84.6 Å². The molecule has 1 fully saturated rings. The van der Waals surface area contributed by atoms with Crippen LogP contribution in [0.2, 0.25) is 18.1 Å². The van der Waals surface area contributed by atoms with Gasteiger partial charge in [-0.15, -0.1) is 0 Å². The minimum absolute atomic E-state index is 0.145. The lowest BCUT2D eigenvalue weighted by Gasteiger charge is -2.42. The van der Waals surface area contributed by atoms with Gasteiger partial charge in [0.15, 0.2) is 8.32 Å². The van der Waals surface area contributed by atoms with Crippen molar-refractivity contribution in [2.24, 2.45) is 11.8 Å². The largest absolute Gasteiger partial charge is 0.497 e. The molecule has 0 bridgehead atoms. The average molecular weight is 409 g/mol. The Balaban J connectivity index is 1.98. The molecule has 1 aromatic carbocycles. The summed E-state index contributed by atoms with van der Waals surface area (Å²) >= 11 is 0. The number of methoxy groups -OCH3 is 1. The maximum atomic E-state index is 6.87. The molecular weight excluding hydrogens is 368 g/mol. The topological polar surface area (TPSA) is 40.2 Å². The van der Waals surface area contributed by atoms with Gasteiger partial charge in [-0.1, -0.05) is 46.8 Å². The minimum atomic E-state index is -1.87. The number of epoxide rings is 1. The quantitative estimate of drug-likeness (QED) is 0.370. The van der Waals surface area contributed by atoms with Gasteiger partial charge in [-0.2, -0.15) is 0 Å². The Morgan fingerprint density at radius 3 is 2.14 bits per heavy atom. The van der Waals surface area contributed by atoms with Gasteiger partial charge in [-0.05, 0) is 42.8 Å². The summed E-state index contributed by atoms with van der Waals surface area (Å²) in [6, 6.07) is 8.05. The smallest absolute Gasteiger partial charge is 0.192 e.